The molecule has 0 spiro atoms. The van der Waals surface area contributed by atoms with Gasteiger partial charge >= 0.3 is 0 Å². The van der Waals surface area contributed by atoms with Crippen LogP contribution >= 0.6 is 23.4 Å². The standard InChI is InChI=1S/C12H15ClFNS/c1-2-15-12-3-4-16-7-10-9(12)5-8(13)6-11(10)14/h5-6,12,15H,2-4,7H2,1H3. The fourth-order valence-electron chi connectivity index (χ4n) is 2.08. The number of fused-ring (bicyclic) bond motifs is 1. The van der Waals surface area contributed by atoms with E-state index >= 15 is 0 Å². The zero-order valence-corrected chi connectivity index (χ0v) is 10.8. The molecular formula is C12H15ClFNS. The van der Waals surface area contributed by atoms with E-state index in [1.54, 1.807) is 11.8 Å². The lowest BCUT2D eigenvalue weighted by atomic mass is 9.99. The van der Waals surface area contributed by atoms with Crippen LogP contribution < -0.4 is 5.32 Å². The van der Waals surface area contributed by atoms with E-state index in [1.165, 1.54) is 6.07 Å². The fraction of sp³-hybridized carbons (Fsp3) is 0.500. The average molecular weight is 260 g/mol. The van der Waals surface area contributed by atoms with Gasteiger partial charge in [-0.05, 0) is 36.4 Å². The third kappa shape index (κ3) is 2.53. The van der Waals surface area contributed by atoms with E-state index in [0.717, 1.165) is 35.6 Å². The maximum Gasteiger partial charge on any atom is 0.129 e. The molecule has 0 aliphatic carbocycles. The van der Waals surface area contributed by atoms with Crippen LogP contribution in [-0.2, 0) is 5.75 Å². The molecule has 1 aromatic rings. The summed E-state index contributed by atoms with van der Waals surface area (Å²) in [7, 11) is 0. The molecule has 0 amide bonds. The summed E-state index contributed by atoms with van der Waals surface area (Å²) in [5.74, 6) is 1.64. The first-order valence-electron chi connectivity index (χ1n) is 5.51. The molecular weight excluding hydrogens is 245 g/mol. The van der Waals surface area contributed by atoms with Crippen molar-refractivity contribution in [3.63, 3.8) is 0 Å². The van der Waals surface area contributed by atoms with Crippen LogP contribution in [0, 0.1) is 5.82 Å². The Labute approximate surface area is 105 Å². The third-order valence-electron chi connectivity index (χ3n) is 2.82. The van der Waals surface area contributed by atoms with E-state index < -0.39 is 0 Å². The van der Waals surface area contributed by atoms with E-state index in [2.05, 4.69) is 12.2 Å². The topological polar surface area (TPSA) is 12.0 Å². The fourth-order valence-corrected chi connectivity index (χ4v) is 3.34. The van der Waals surface area contributed by atoms with Gasteiger partial charge in [-0.1, -0.05) is 18.5 Å². The van der Waals surface area contributed by atoms with E-state index in [1.807, 2.05) is 6.07 Å². The first-order chi connectivity index (χ1) is 7.72. The number of nitrogens with one attached hydrogen (secondary N) is 1. The number of hydrogen-bond donors (Lipinski definition) is 1. The van der Waals surface area contributed by atoms with Gasteiger partial charge in [-0.15, -0.1) is 0 Å². The van der Waals surface area contributed by atoms with E-state index in [-0.39, 0.29) is 11.9 Å². The Kier molecular flexibility index (Phi) is 4.11. The Hall–Kier alpha value is -0.250. The van der Waals surface area contributed by atoms with Crippen molar-refractivity contribution in [2.24, 2.45) is 0 Å². The van der Waals surface area contributed by atoms with Gasteiger partial charge in [0.05, 0.1) is 0 Å². The molecule has 0 saturated heterocycles. The van der Waals surface area contributed by atoms with Gasteiger partial charge in [0.15, 0.2) is 0 Å². The van der Waals surface area contributed by atoms with Crippen molar-refractivity contribution in [1.29, 1.82) is 0 Å². The van der Waals surface area contributed by atoms with Crippen LogP contribution in [0.5, 0.6) is 0 Å². The zero-order valence-electron chi connectivity index (χ0n) is 9.22. The Morgan fingerprint density at radius 2 is 2.38 bits per heavy atom. The van der Waals surface area contributed by atoms with E-state index in [4.69, 9.17) is 11.6 Å². The molecule has 16 heavy (non-hydrogen) atoms. The molecule has 0 radical (unpaired) electrons. The van der Waals surface area contributed by atoms with E-state index in [0.29, 0.717) is 5.02 Å². The predicted octanol–water partition coefficient (Wildman–Crippen LogP) is 3.77. The second-order valence-corrected chi connectivity index (χ2v) is 5.45. The van der Waals surface area contributed by atoms with Crippen molar-refractivity contribution in [2.75, 3.05) is 12.3 Å². The highest BCUT2D eigenvalue weighted by Gasteiger charge is 2.21. The molecule has 1 aliphatic heterocycles. The lowest BCUT2D eigenvalue weighted by Gasteiger charge is -2.18. The maximum atomic E-state index is 13.8. The minimum Gasteiger partial charge on any atom is -0.310 e. The number of hydrogen-bond acceptors (Lipinski definition) is 2. The normalized spacial score (nSPS) is 20.3. The molecule has 1 aliphatic rings. The van der Waals surface area contributed by atoms with Crippen molar-refractivity contribution >= 4 is 23.4 Å². The van der Waals surface area contributed by atoms with Crippen molar-refractivity contribution < 1.29 is 4.39 Å². The van der Waals surface area contributed by atoms with Crippen LogP contribution in [-0.4, -0.2) is 12.3 Å². The molecule has 0 fully saturated rings. The van der Waals surface area contributed by atoms with Gasteiger partial charge < -0.3 is 5.32 Å². The predicted molar refractivity (Wildman–Crippen MR) is 68.6 cm³/mol. The van der Waals surface area contributed by atoms with Gasteiger partial charge in [-0.2, -0.15) is 11.8 Å². The molecule has 1 nitrogen and oxygen atoms in total. The largest absolute Gasteiger partial charge is 0.310 e. The van der Waals surface area contributed by atoms with Gasteiger partial charge in [-0.25, -0.2) is 4.39 Å². The summed E-state index contributed by atoms with van der Waals surface area (Å²) in [6.45, 7) is 2.96. The molecule has 1 aromatic carbocycles. The lowest BCUT2D eigenvalue weighted by molar-refractivity contribution is 0.533. The van der Waals surface area contributed by atoms with E-state index in [9.17, 15) is 4.39 Å². The van der Waals surface area contributed by atoms with Gasteiger partial charge in [0, 0.05) is 22.4 Å². The van der Waals surface area contributed by atoms with Crippen LogP contribution in [0.15, 0.2) is 12.1 Å². The summed E-state index contributed by atoms with van der Waals surface area (Å²) in [6.07, 6.45) is 1.03. The summed E-state index contributed by atoms with van der Waals surface area (Å²) < 4.78 is 13.8. The van der Waals surface area contributed by atoms with Crippen LogP contribution in [0.25, 0.3) is 0 Å². The highest BCUT2D eigenvalue weighted by molar-refractivity contribution is 7.98. The minimum absolute atomic E-state index is 0.167. The summed E-state index contributed by atoms with van der Waals surface area (Å²) in [5.41, 5.74) is 1.86. The van der Waals surface area contributed by atoms with Gasteiger partial charge in [0.1, 0.15) is 5.82 Å². The number of benzene rings is 1. The van der Waals surface area contributed by atoms with Crippen molar-refractivity contribution in [3.8, 4) is 0 Å². The monoisotopic (exact) mass is 259 g/mol. The van der Waals surface area contributed by atoms with Gasteiger partial charge in [-0.3, -0.25) is 0 Å². The van der Waals surface area contributed by atoms with Gasteiger partial charge in [0.25, 0.3) is 0 Å². The average Bonchev–Trinajstić information content (AvgIpc) is 2.42. The second-order valence-electron chi connectivity index (χ2n) is 3.91. The zero-order chi connectivity index (χ0) is 11.5. The highest BCUT2D eigenvalue weighted by atomic mass is 35.5. The SMILES string of the molecule is CCNC1CCSCc2c(F)cc(Cl)cc21. The summed E-state index contributed by atoms with van der Waals surface area (Å²) in [5, 5.41) is 3.89. The Morgan fingerprint density at radius 3 is 3.12 bits per heavy atom. The molecule has 0 saturated carbocycles. The molecule has 1 atom stereocenters. The first-order valence-corrected chi connectivity index (χ1v) is 7.04. The van der Waals surface area contributed by atoms with Crippen LogP contribution in [0.4, 0.5) is 4.39 Å². The van der Waals surface area contributed by atoms with Crippen molar-refractivity contribution in [3.05, 3.63) is 34.1 Å². The summed E-state index contributed by atoms with van der Waals surface area (Å²) in [6, 6.07) is 3.55. The Balaban J connectivity index is 2.43. The lowest BCUT2D eigenvalue weighted by Crippen LogP contribution is -2.22. The molecule has 0 aromatic heterocycles. The molecule has 0 bridgehead atoms. The molecule has 88 valence electrons. The van der Waals surface area contributed by atoms with Crippen LogP contribution in [0.2, 0.25) is 5.02 Å². The molecule has 4 heteroatoms. The van der Waals surface area contributed by atoms with Crippen molar-refractivity contribution in [2.45, 2.75) is 25.1 Å². The second kappa shape index (κ2) is 5.39. The van der Waals surface area contributed by atoms with Crippen LogP contribution in [0.3, 0.4) is 0 Å². The molecule has 2 rings (SSSR count). The smallest absolute Gasteiger partial charge is 0.129 e. The summed E-state index contributed by atoms with van der Waals surface area (Å²) >= 11 is 7.71. The maximum absolute atomic E-state index is 13.8. The minimum atomic E-state index is -0.167. The molecule has 1 heterocycles. The first kappa shape index (κ1) is 12.2. The molecule has 1 N–H and O–H groups in total. The Morgan fingerprint density at radius 1 is 1.56 bits per heavy atom. The quantitative estimate of drug-likeness (QED) is 0.868. The number of halogens is 2. The Bertz CT molecular complexity index is 384. The number of thioether (sulfide) groups is 1. The molecule has 1 unspecified atom stereocenters. The number of rotatable bonds is 2. The van der Waals surface area contributed by atoms with Crippen molar-refractivity contribution in [1.82, 2.24) is 5.32 Å². The van der Waals surface area contributed by atoms with Crippen LogP contribution in [0.1, 0.15) is 30.5 Å². The highest BCUT2D eigenvalue weighted by Crippen LogP contribution is 2.34. The summed E-state index contributed by atoms with van der Waals surface area (Å²) in [4.78, 5) is 0. The van der Waals surface area contributed by atoms with Gasteiger partial charge in [0.2, 0.25) is 0 Å². The third-order valence-corrected chi connectivity index (χ3v) is 4.05.